The standard InChI is InChI=1S/C27H35ClN2O3/c1-4-24(27(32)29-23-8-6-5-7-9-23)30(17-21-12-14-22(28)15-13-21)26(31)18-33-25-16-19(2)10-11-20(25)3/h10-16,23-24H,4-9,17-18H2,1-3H3,(H,29,32)/t24-/m0/s1. The number of nitrogens with zero attached hydrogens (tertiary/aromatic N) is 1. The van der Waals surface area contributed by atoms with Crippen LogP contribution in [0.4, 0.5) is 0 Å². The Labute approximate surface area is 202 Å². The first kappa shape index (κ1) is 25.1. The topological polar surface area (TPSA) is 58.6 Å². The summed E-state index contributed by atoms with van der Waals surface area (Å²) in [4.78, 5) is 28.3. The molecule has 1 N–H and O–H groups in total. The maximum atomic E-state index is 13.4. The Morgan fingerprint density at radius 3 is 2.45 bits per heavy atom. The van der Waals surface area contributed by atoms with Gasteiger partial charge in [0.15, 0.2) is 6.61 Å². The smallest absolute Gasteiger partial charge is 0.261 e. The fourth-order valence-electron chi connectivity index (χ4n) is 4.34. The average Bonchev–Trinajstić information content (AvgIpc) is 2.81. The molecule has 5 nitrogen and oxygen atoms in total. The molecule has 3 rings (SSSR count). The number of benzene rings is 2. The molecule has 0 radical (unpaired) electrons. The van der Waals surface area contributed by atoms with Gasteiger partial charge in [-0.2, -0.15) is 0 Å². The van der Waals surface area contributed by atoms with Crippen molar-refractivity contribution in [2.75, 3.05) is 6.61 Å². The van der Waals surface area contributed by atoms with E-state index in [-0.39, 0.29) is 24.5 Å². The molecule has 0 saturated heterocycles. The van der Waals surface area contributed by atoms with Gasteiger partial charge >= 0.3 is 0 Å². The van der Waals surface area contributed by atoms with Crippen molar-refractivity contribution in [3.8, 4) is 5.75 Å². The zero-order valence-corrected chi connectivity index (χ0v) is 20.7. The fourth-order valence-corrected chi connectivity index (χ4v) is 4.46. The van der Waals surface area contributed by atoms with Crippen molar-refractivity contribution in [1.29, 1.82) is 0 Å². The third kappa shape index (κ3) is 7.23. The SMILES string of the molecule is CC[C@@H](C(=O)NC1CCCCC1)N(Cc1ccc(Cl)cc1)C(=O)COc1cc(C)ccc1C. The molecule has 0 aromatic heterocycles. The summed E-state index contributed by atoms with van der Waals surface area (Å²) in [6.45, 7) is 6.09. The van der Waals surface area contributed by atoms with Crippen molar-refractivity contribution >= 4 is 23.4 Å². The molecule has 1 fully saturated rings. The van der Waals surface area contributed by atoms with Crippen molar-refractivity contribution in [2.24, 2.45) is 0 Å². The molecule has 0 heterocycles. The first-order valence-electron chi connectivity index (χ1n) is 11.9. The van der Waals surface area contributed by atoms with Gasteiger partial charge in [0.2, 0.25) is 5.91 Å². The Bertz CT molecular complexity index is 939. The second-order valence-corrected chi connectivity index (χ2v) is 9.41. The minimum Gasteiger partial charge on any atom is -0.483 e. The van der Waals surface area contributed by atoms with Crippen molar-refractivity contribution in [1.82, 2.24) is 10.2 Å². The van der Waals surface area contributed by atoms with E-state index in [0.717, 1.165) is 42.4 Å². The minimum atomic E-state index is -0.558. The van der Waals surface area contributed by atoms with E-state index in [1.165, 1.54) is 6.42 Å². The zero-order valence-electron chi connectivity index (χ0n) is 19.9. The molecule has 1 atom stereocenters. The summed E-state index contributed by atoms with van der Waals surface area (Å²) >= 11 is 6.04. The van der Waals surface area contributed by atoms with E-state index in [4.69, 9.17) is 16.3 Å². The average molecular weight is 471 g/mol. The van der Waals surface area contributed by atoms with Crippen LogP contribution in [0.1, 0.15) is 62.1 Å². The number of carbonyl (C=O) groups is 2. The Morgan fingerprint density at radius 1 is 1.09 bits per heavy atom. The summed E-state index contributed by atoms with van der Waals surface area (Å²) in [6.07, 6.45) is 6.03. The molecule has 33 heavy (non-hydrogen) atoms. The number of halogens is 1. The molecule has 2 amide bonds. The van der Waals surface area contributed by atoms with E-state index in [2.05, 4.69) is 5.32 Å². The highest BCUT2D eigenvalue weighted by molar-refractivity contribution is 6.30. The van der Waals surface area contributed by atoms with Gasteiger partial charge in [-0.3, -0.25) is 9.59 Å². The van der Waals surface area contributed by atoms with Crippen molar-refractivity contribution in [3.63, 3.8) is 0 Å². The number of amides is 2. The highest BCUT2D eigenvalue weighted by Crippen LogP contribution is 2.21. The van der Waals surface area contributed by atoms with E-state index < -0.39 is 6.04 Å². The van der Waals surface area contributed by atoms with Crippen LogP contribution in [0.5, 0.6) is 5.75 Å². The van der Waals surface area contributed by atoms with Gasteiger partial charge in [-0.25, -0.2) is 0 Å². The van der Waals surface area contributed by atoms with Crippen LogP contribution in [0, 0.1) is 13.8 Å². The Kier molecular flexibility index (Phi) is 9.19. The molecule has 0 unspecified atom stereocenters. The normalized spacial score (nSPS) is 15.0. The van der Waals surface area contributed by atoms with Gasteiger partial charge < -0.3 is 15.0 Å². The lowest BCUT2D eigenvalue weighted by atomic mass is 9.95. The van der Waals surface area contributed by atoms with Crippen LogP contribution >= 0.6 is 11.6 Å². The number of nitrogens with one attached hydrogen (secondary N) is 1. The third-order valence-electron chi connectivity index (χ3n) is 6.30. The van der Waals surface area contributed by atoms with Crippen LogP contribution in [0.2, 0.25) is 5.02 Å². The lowest BCUT2D eigenvalue weighted by molar-refractivity contribution is -0.143. The molecule has 1 aliphatic carbocycles. The molecule has 0 spiro atoms. The molecule has 178 valence electrons. The summed E-state index contributed by atoms with van der Waals surface area (Å²) in [6, 6.07) is 12.9. The van der Waals surface area contributed by atoms with Gasteiger partial charge in [-0.05, 0) is 68.0 Å². The summed E-state index contributed by atoms with van der Waals surface area (Å²) < 4.78 is 5.90. The van der Waals surface area contributed by atoms with Gasteiger partial charge in [-0.1, -0.05) is 62.1 Å². The number of aryl methyl sites for hydroxylation is 2. The van der Waals surface area contributed by atoms with Crippen molar-refractivity contribution in [2.45, 2.75) is 77.9 Å². The van der Waals surface area contributed by atoms with E-state index in [1.807, 2.05) is 51.1 Å². The van der Waals surface area contributed by atoms with E-state index in [0.29, 0.717) is 23.7 Å². The highest BCUT2D eigenvalue weighted by Gasteiger charge is 2.30. The van der Waals surface area contributed by atoms with Gasteiger partial charge in [0.1, 0.15) is 11.8 Å². The van der Waals surface area contributed by atoms with Crippen molar-refractivity contribution in [3.05, 3.63) is 64.2 Å². The maximum Gasteiger partial charge on any atom is 0.261 e. The minimum absolute atomic E-state index is 0.0848. The first-order chi connectivity index (χ1) is 15.9. The van der Waals surface area contributed by atoms with Crippen LogP contribution in [0.3, 0.4) is 0 Å². The number of carbonyl (C=O) groups excluding carboxylic acids is 2. The molecule has 1 aliphatic rings. The predicted molar refractivity (Wildman–Crippen MR) is 133 cm³/mol. The molecule has 2 aromatic carbocycles. The van der Waals surface area contributed by atoms with Crippen LogP contribution in [0.15, 0.2) is 42.5 Å². The number of ether oxygens (including phenoxy) is 1. The van der Waals surface area contributed by atoms with Crippen LogP contribution < -0.4 is 10.1 Å². The molecule has 0 aliphatic heterocycles. The number of rotatable bonds is 9. The van der Waals surface area contributed by atoms with Gasteiger partial charge in [0.05, 0.1) is 0 Å². The second kappa shape index (κ2) is 12.1. The quantitative estimate of drug-likeness (QED) is 0.519. The lowest BCUT2D eigenvalue weighted by Gasteiger charge is -2.32. The second-order valence-electron chi connectivity index (χ2n) is 8.97. The summed E-state index contributed by atoms with van der Waals surface area (Å²) in [5.41, 5.74) is 2.96. The van der Waals surface area contributed by atoms with Crippen molar-refractivity contribution < 1.29 is 14.3 Å². The Morgan fingerprint density at radius 2 is 1.79 bits per heavy atom. The Hall–Kier alpha value is -2.53. The summed E-state index contributed by atoms with van der Waals surface area (Å²) in [7, 11) is 0. The summed E-state index contributed by atoms with van der Waals surface area (Å²) in [5.74, 6) is 0.393. The van der Waals surface area contributed by atoms with Crippen LogP contribution in [-0.4, -0.2) is 35.4 Å². The monoisotopic (exact) mass is 470 g/mol. The first-order valence-corrected chi connectivity index (χ1v) is 12.3. The van der Waals surface area contributed by atoms with Gasteiger partial charge in [-0.15, -0.1) is 0 Å². The molecule has 0 bridgehead atoms. The molecule has 2 aromatic rings. The fraction of sp³-hybridized carbons (Fsp3) is 0.481. The largest absolute Gasteiger partial charge is 0.483 e. The summed E-state index contributed by atoms with van der Waals surface area (Å²) in [5, 5.41) is 3.83. The van der Waals surface area contributed by atoms with Gasteiger partial charge in [0.25, 0.3) is 5.91 Å². The highest BCUT2D eigenvalue weighted by atomic mass is 35.5. The van der Waals surface area contributed by atoms with Crippen LogP contribution in [-0.2, 0) is 16.1 Å². The maximum absolute atomic E-state index is 13.4. The van der Waals surface area contributed by atoms with E-state index in [9.17, 15) is 9.59 Å². The van der Waals surface area contributed by atoms with E-state index in [1.54, 1.807) is 17.0 Å². The molecular formula is C27H35ClN2O3. The number of hydrogen-bond acceptors (Lipinski definition) is 3. The lowest BCUT2D eigenvalue weighted by Crippen LogP contribution is -2.52. The third-order valence-corrected chi connectivity index (χ3v) is 6.55. The predicted octanol–water partition coefficient (Wildman–Crippen LogP) is 5.59. The number of hydrogen-bond donors (Lipinski definition) is 1. The van der Waals surface area contributed by atoms with Crippen LogP contribution in [0.25, 0.3) is 0 Å². The molecular weight excluding hydrogens is 436 g/mol. The molecule has 6 heteroatoms. The zero-order chi connectivity index (χ0) is 23.8. The van der Waals surface area contributed by atoms with Gasteiger partial charge in [0, 0.05) is 17.6 Å². The van der Waals surface area contributed by atoms with E-state index >= 15 is 0 Å². The molecule has 1 saturated carbocycles. The Balaban J connectivity index is 1.77.